The smallest absolute Gasteiger partial charge is 0.170 e. The molecule has 0 aliphatic carbocycles. The molecule has 0 saturated carbocycles. The molecule has 0 atom stereocenters. The number of hydrogen-bond acceptors (Lipinski definition) is 3. The van der Waals surface area contributed by atoms with E-state index in [1.165, 1.54) is 16.0 Å². The van der Waals surface area contributed by atoms with Crippen LogP contribution in [0.4, 0.5) is 5.69 Å². The van der Waals surface area contributed by atoms with Crippen LogP contribution in [0.2, 0.25) is 5.02 Å². The Morgan fingerprint density at radius 1 is 0.862 bits per heavy atom. The molecule has 3 rings (SSSR count). The Hall–Kier alpha value is -1.66. The van der Waals surface area contributed by atoms with E-state index in [9.17, 15) is 0 Å². The van der Waals surface area contributed by atoms with Crippen molar-refractivity contribution in [2.75, 3.05) is 17.6 Å². The molecule has 0 amide bonds. The Morgan fingerprint density at radius 3 is 2.41 bits per heavy atom. The number of nitrogens with one attached hydrogen (secondary N) is 2. The van der Waals surface area contributed by atoms with E-state index in [1.54, 1.807) is 0 Å². The van der Waals surface area contributed by atoms with Gasteiger partial charge in [-0.1, -0.05) is 54.1 Å². The SMILES string of the molecule is S=C(NCCSCc1cccc(Cl)c1)Nc1ccc(CSc2ccccc2)cc1. The third-order valence-electron chi connectivity index (χ3n) is 4.05. The third kappa shape index (κ3) is 8.31. The maximum atomic E-state index is 6.01. The lowest BCUT2D eigenvalue weighted by atomic mass is 10.2. The predicted molar refractivity (Wildman–Crippen MR) is 134 cm³/mol. The number of thiocarbonyl (C=S) groups is 1. The van der Waals surface area contributed by atoms with Crippen LogP contribution in [-0.4, -0.2) is 17.4 Å². The molecule has 0 spiro atoms. The first-order chi connectivity index (χ1) is 14.2. The maximum Gasteiger partial charge on any atom is 0.170 e. The second kappa shape index (κ2) is 12.1. The van der Waals surface area contributed by atoms with Gasteiger partial charge in [0, 0.05) is 39.4 Å². The molecule has 0 aliphatic rings. The normalized spacial score (nSPS) is 10.5. The second-order valence-corrected chi connectivity index (χ2v) is 9.36. The van der Waals surface area contributed by atoms with E-state index >= 15 is 0 Å². The lowest BCUT2D eigenvalue weighted by Gasteiger charge is -2.11. The number of benzene rings is 3. The zero-order chi connectivity index (χ0) is 20.3. The van der Waals surface area contributed by atoms with E-state index in [1.807, 2.05) is 47.8 Å². The van der Waals surface area contributed by atoms with E-state index in [-0.39, 0.29) is 0 Å². The molecule has 2 N–H and O–H groups in total. The summed E-state index contributed by atoms with van der Waals surface area (Å²) in [5.41, 5.74) is 3.54. The average Bonchev–Trinajstić information content (AvgIpc) is 2.74. The zero-order valence-electron chi connectivity index (χ0n) is 15.9. The molecule has 0 radical (unpaired) electrons. The minimum absolute atomic E-state index is 0.653. The van der Waals surface area contributed by atoms with Gasteiger partial charge in [0.15, 0.2) is 5.11 Å². The lowest BCUT2D eigenvalue weighted by molar-refractivity contribution is 0.990. The minimum Gasteiger partial charge on any atom is -0.362 e. The van der Waals surface area contributed by atoms with Crippen molar-refractivity contribution in [1.29, 1.82) is 0 Å². The van der Waals surface area contributed by atoms with Gasteiger partial charge in [-0.2, -0.15) is 11.8 Å². The maximum absolute atomic E-state index is 6.01. The van der Waals surface area contributed by atoms with Crippen molar-refractivity contribution in [1.82, 2.24) is 5.32 Å². The van der Waals surface area contributed by atoms with Gasteiger partial charge in [0.25, 0.3) is 0 Å². The average molecular weight is 459 g/mol. The number of anilines is 1. The van der Waals surface area contributed by atoms with Gasteiger partial charge in [0.2, 0.25) is 0 Å². The Balaban J connectivity index is 1.32. The molecule has 0 aliphatic heterocycles. The van der Waals surface area contributed by atoms with Gasteiger partial charge < -0.3 is 10.6 Å². The third-order valence-corrected chi connectivity index (χ3v) is 6.65. The highest BCUT2D eigenvalue weighted by atomic mass is 35.5. The fourth-order valence-corrected chi connectivity index (χ4v) is 4.71. The van der Waals surface area contributed by atoms with Crippen molar-refractivity contribution >= 4 is 58.1 Å². The highest BCUT2D eigenvalue weighted by Crippen LogP contribution is 2.23. The van der Waals surface area contributed by atoms with Crippen molar-refractivity contribution < 1.29 is 0 Å². The Morgan fingerprint density at radius 2 is 1.66 bits per heavy atom. The van der Waals surface area contributed by atoms with Crippen molar-refractivity contribution in [3.8, 4) is 0 Å². The van der Waals surface area contributed by atoms with Crippen molar-refractivity contribution in [3.05, 3.63) is 95.0 Å². The summed E-state index contributed by atoms with van der Waals surface area (Å²) >= 11 is 15.1. The molecule has 0 unspecified atom stereocenters. The molecule has 29 heavy (non-hydrogen) atoms. The quantitative estimate of drug-likeness (QED) is 0.207. The van der Waals surface area contributed by atoms with Gasteiger partial charge in [-0.25, -0.2) is 0 Å². The fraction of sp³-hybridized carbons (Fsp3) is 0.174. The van der Waals surface area contributed by atoms with Crippen LogP contribution in [0, 0.1) is 0 Å². The van der Waals surface area contributed by atoms with Gasteiger partial charge in [-0.05, 0) is 59.7 Å². The number of halogens is 1. The summed E-state index contributed by atoms with van der Waals surface area (Å²) < 4.78 is 0. The molecule has 3 aromatic rings. The molecule has 0 bridgehead atoms. The molecule has 150 valence electrons. The standard InChI is InChI=1S/C23H23ClN2S3/c24-20-6-4-5-19(15-20)16-28-14-13-25-23(27)26-21-11-9-18(10-12-21)17-29-22-7-2-1-3-8-22/h1-12,15H,13-14,16-17H2,(H2,25,26,27). The highest BCUT2D eigenvalue weighted by Gasteiger charge is 2.00. The van der Waals surface area contributed by atoms with Crippen molar-refractivity contribution in [3.63, 3.8) is 0 Å². The van der Waals surface area contributed by atoms with Crippen LogP contribution >= 0.6 is 47.3 Å². The van der Waals surface area contributed by atoms with E-state index in [4.69, 9.17) is 23.8 Å². The molecule has 0 heterocycles. The van der Waals surface area contributed by atoms with Gasteiger partial charge in [-0.3, -0.25) is 0 Å². The van der Waals surface area contributed by atoms with Crippen LogP contribution in [-0.2, 0) is 11.5 Å². The molecule has 2 nitrogen and oxygen atoms in total. The molecule has 0 saturated heterocycles. The van der Waals surface area contributed by atoms with Crippen LogP contribution in [0.25, 0.3) is 0 Å². The fourth-order valence-electron chi connectivity index (χ4n) is 2.60. The van der Waals surface area contributed by atoms with Crippen LogP contribution < -0.4 is 10.6 Å². The first-order valence-electron chi connectivity index (χ1n) is 9.33. The number of thioether (sulfide) groups is 2. The highest BCUT2D eigenvalue weighted by molar-refractivity contribution is 7.98. The van der Waals surface area contributed by atoms with Crippen molar-refractivity contribution in [2.45, 2.75) is 16.4 Å². The summed E-state index contributed by atoms with van der Waals surface area (Å²) in [5.74, 6) is 2.88. The monoisotopic (exact) mass is 458 g/mol. The molecule has 3 aromatic carbocycles. The van der Waals surface area contributed by atoms with E-state index in [0.717, 1.165) is 34.5 Å². The van der Waals surface area contributed by atoms with E-state index in [2.05, 4.69) is 65.2 Å². The second-order valence-electron chi connectivity index (χ2n) is 6.36. The Bertz CT molecular complexity index is 902. The summed E-state index contributed by atoms with van der Waals surface area (Å²) in [6.07, 6.45) is 0. The van der Waals surface area contributed by atoms with Gasteiger partial charge >= 0.3 is 0 Å². The van der Waals surface area contributed by atoms with Gasteiger partial charge in [0.1, 0.15) is 0 Å². The lowest BCUT2D eigenvalue weighted by Crippen LogP contribution is -2.30. The summed E-state index contributed by atoms with van der Waals surface area (Å²) in [5, 5.41) is 7.95. The first kappa shape index (κ1) is 22.0. The van der Waals surface area contributed by atoms with Crippen LogP contribution in [0.5, 0.6) is 0 Å². The topological polar surface area (TPSA) is 24.1 Å². The van der Waals surface area contributed by atoms with Crippen LogP contribution in [0.1, 0.15) is 11.1 Å². The summed E-state index contributed by atoms with van der Waals surface area (Å²) in [7, 11) is 0. The summed E-state index contributed by atoms with van der Waals surface area (Å²) in [6.45, 7) is 0.822. The van der Waals surface area contributed by atoms with Crippen molar-refractivity contribution in [2.24, 2.45) is 0 Å². The number of rotatable bonds is 9. The summed E-state index contributed by atoms with van der Waals surface area (Å²) in [4.78, 5) is 1.29. The molecular weight excluding hydrogens is 436 g/mol. The molecule has 0 aromatic heterocycles. The molecule has 6 heteroatoms. The van der Waals surface area contributed by atoms with E-state index < -0.39 is 0 Å². The number of hydrogen-bond donors (Lipinski definition) is 2. The summed E-state index contributed by atoms with van der Waals surface area (Å²) in [6, 6.07) is 26.9. The molecule has 0 fully saturated rings. The van der Waals surface area contributed by atoms with Gasteiger partial charge in [-0.15, -0.1) is 11.8 Å². The Labute approximate surface area is 191 Å². The molecular formula is C23H23ClN2S3. The predicted octanol–water partition coefficient (Wildman–Crippen LogP) is 6.85. The van der Waals surface area contributed by atoms with Crippen LogP contribution in [0.15, 0.2) is 83.8 Å². The van der Waals surface area contributed by atoms with E-state index in [0.29, 0.717) is 5.11 Å². The Kier molecular flexibility index (Phi) is 9.22. The van der Waals surface area contributed by atoms with Gasteiger partial charge in [0.05, 0.1) is 0 Å². The largest absolute Gasteiger partial charge is 0.362 e. The zero-order valence-corrected chi connectivity index (χ0v) is 19.1. The minimum atomic E-state index is 0.653. The van der Waals surface area contributed by atoms with Crippen LogP contribution in [0.3, 0.4) is 0 Å². The first-order valence-corrected chi connectivity index (χ1v) is 12.3.